The van der Waals surface area contributed by atoms with Gasteiger partial charge in [-0.05, 0) is 29.0 Å². The molecular weight excluding hydrogens is 322 g/mol. The number of tetrazole rings is 1. The molecule has 4 N–H and O–H groups in total. The number of hydrogen-bond acceptors (Lipinski definition) is 5. The molecule has 0 saturated carbocycles. The van der Waals surface area contributed by atoms with Gasteiger partial charge < -0.3 is 15.3 Å². The zero-order chi connectivity index (χ0) is 17.2. The van der Waals surface area contributed by atoms with E-state index < -0.39 is 0 Å². The number of H-pyrrole nitrogens is 3. The predicted octanol–water partition coefficient (Wildman–Crippen LogP) is 0.966. The van der Waals surface area contributed by atoms with E-state index in [1.54, 1.807) is 30.3 Å². The monoisotopic (exact) mass is 335 g/mol. The predicted molar refractivity (Wildman–Crippen MR) is 89.7 cm³/mol. The quantitative estimate of drug-likeness (QED) is 0.441. The number of rotatable bonds is 4. The summed E-state index contributed by atoms with van der Waals surface area (Å²) in [6.07, 6.45) is 0. The molecule has 0 aliphatic rings. The summed E-state index contributed by atoms with van der Waals surface area (Å²) < 4.78 is 0. The van der Waals surface area contributed by atoms with Gasteiger partial charge in [0.2, 0.25) is 5.82 Å². The summed E-state index contributed by atoms with van der Waals surface area (Å²) in [4.78, 5) is 29.2. The molecule has 2 aromatic heterocycles. The summed E-state index contributed by atoms with van der Waals surface area (Å²) in [6, 6.07) is 12.5. The van der Waals surface area contributed by atoms with Gasteiger partial charge in [-0.3, -0.25) is 4.79 Å². The molecule has 9 nitrogen and oxygen atoms in total. The smallest absolute Gasteiger partial charge is 0.323 e. The van der Waals surface area contributed by atoms with Crippen LogP contribution in [0.2, 0.25) is 0 Å². The second kappa shape index (κ2) is 6.04. The number of nitrogens with one attached hydrogen (secondary N) is 4. The van der Waals surface area contributed by atoms with E-state index in [0.717, 1.165) is 11.1 Å². The van der Waals surface area contributed by atoms with E-state index in [1.807, 2.05) is 12.1 Å². The number of nitrogens with zero attached hydrogens (tertiary/aromatic N) is 3. The minimum Gasteiger partial charge on any atom is -0.348 e. The van der Waals surface area contributed by atoms with E-state index in [4.69, 9.17) is 0 Å². The van der Waals surface area contributed by atoms with Crippen LogP contribution in [0.4, 0.5) is 0 Å². The van der Waals surface area contributed by atoms with Crippen molar-refractivity contribution >= 4 is 16.9 Å². The van der Waals surface area contributed by atoms with E-state index >= 15 is 0 Å². The number of fused-ring (bicyclic) bond motifs is 1. The zero-order valence-corrected chi connectivity index (χ0v) is 12.9. The minimum absolute atomic E-state index is 0.247. The van der Waals surface area contributed by atoms with Crippen LogP contribution in [0, 0.1) is 0 Å². The maximum absolute atomic E-state index is 12.5. The van der Waals surface area contributed by atoms with Crippen LogP contribution >= 0.6 is 0 Å². The lowest BCUT2D eigenvalue weighted by molar-refractivity contribution is 0.0951. The van der Waals surface area contributed by atoms with Crippen molar-refractivity contribution in [1.82, 2.24) is 35.9 Å². The number of imidazole rings is 1. The Balaban J connectivity index is 1.55. The molecule has 0 spiro atoms. The van der Waals surface area contributed by atoms with Crippen molar-refractivity contribution in [2.45, 2.75) is 6.54 Å². The fourth-order valence-electron chi connectivity index (χ4n) is 2.62. The molecule has 0 unspecified atom stereocenters. The molecular formula is C16H13N7O2. The third-order valence-corrected chi connectivity index (χ3v) is 3.79. The second-order valence-electron chi connectivity index (χ2n) is 5.42. The normalized spacial score (nSPS) is 10.9. The average Bonchev–Trinajstić information content (AvgIpc) is 3.28. The number of amides is 1. The summed E-state index contributed by atoms with van der Waals surface area (Å²) in [6.45, 7) is 0.322. The highest BCUT2D eigenvalue weighted by atomic mass is 16.1. The van der Waals surface area contributed by atoms with Crippen LogP contribution in [0.25, 0.3) is 22.4 Å². The van der Waals surface area contributed by atoms with E-state index in [2.05, 4.69) is 35.9 Å². The highest BCUT2D eigenvalue weighted by Gasteiger charge is 2.15. The number of carbonyl (C=O) groups is 1. The van der Waals surface area contributed by atoms with E-state index in [1.165, 1.54) is 0 Å². The molecule has 0 aliphatic heterocycles. The van der Waals surface area contributed by atoms with Gasteiger partial charge in [0, 0.05) is 12.1 Å². The van der Waals surface area contributed by atoms with E-state index in [9.17, 15) is 9.59 Å². The van der Waals surface area contributed by atoms with Crippen LogP contribution in [0.15, 0.2) is 47.3 Å². The Labute approximate surface area is 140 Å². The summed E-state index contributed by atoms with van der Waals surface area (Å²) in [5.41, 5.74) is 3.09. The van der Waals surface area contributed by atoms with Crippen LogP contribution in [0.3, 0.4) is 0 Å². The number of hydrogen-bond donors (Lipinski definition) is 4. The van der Waals surface area contributed by atoms with Gasteiger partial charge in [0.05, 0.1) is 16.6 Å². The molecule has 4 aromatic rings. The molecule has 25 heavy (non-hydrogen) atoms. The third kappa shape index (κ3) is 2.90. The highest BCUT2D eigenvalue weighted by molar-refractivity contribution is 6.00. The fourth-order valence-corrected chi connectivity index (χ4v) is 2.62. The molecule has 9 heteroatoms. The Morgan fingerprint density at radius 1 is 1.08 bits per heavy atom. The molecule has 0 bridgehead atoms. The van der Waals surface area contributed by atoms with Crippen molar-refractivity contribution in [1.29, 1.82) is 0 Å². The van der Waals surface area contributed by atoms with Gasteiger partial charge in [-0.2, -0.15) is 5.21 Å². The van der Waals surface area contributed by atoms with E-state index in [-0.39, 0.29) is 11.6 Å². The van der Waals surface area contributed by atoms with Gasteiger partial charge in [0.1, 0.15) is 0 Å². The van der Waals surface area contributed by atoms with Crippen molar-refractivity contribution in [3.05, 3.63) is 64.1 Å². The Morgan fingerprint density at radius 2 is 1.92 bits per heavy atom. The first-order valence-corrected chi connectivity index (χ1v) is 7.53. The lowest BCUT2D eigenvalue weighted by atomic mass is 10.1. The molecule has 0 atom stereocenters. The number of aromatic amines is 3. The maximum Gasteiger partial charge on any atom is 0.323 e. The molecule has 0 aliphatic carbocycles. The number of benzene rings is 2. The molecule has 1 amide bonds. The molecule has 2 aromatic carbocycles. The fraction of sp³-hybridized carbons (Fsp3) is 0.0625. The summed E-state index contributed by atoms with van der Waals surface area (Å²) in [5.74, 6) is 0.111. The first kappa shape index (κ1) is 14.8. The topological polar surface area (TPSA) is 132 Å². The van der Waals surface area contributed by atoms with Crippen molar-refractivity contribution < 1.29 is 4.79 Å². The van der Waals surface area contributed by atoms with Crippen LogP contribution in [-0.4, -0.2) is 36.5 Å². The van der Waals surface area contributed by atoms with Crippen molar-refractivity contribution in [3.8, 4) is 11.4 Å². The van der Waals surface area contributed by atoms with Crippen LogP contribution < -0.4 is 11.0 Å². The summed E-state index contributed by atoms with van der Waals surface area (Å²) >= 11 is 0. The van der Waals surface area contributed by atoms with E-state index in [0.29, 0.717) is 29.0 Å². The molecule has 4 rings (SSSR count). The minimum atomic E-state index is -0.259. The lowest BCUT2D eigenvalue weighted by Crippen LogP contribution is -2.23. The Morgan fingerprint density at radius 3 is 2.76 bits per heavy atom. The molecule has 0 radical (unpaired) electrons. The summed E-state index contributed by atoms with van der Waals surface area (Å²) in [5, 5.41) is 16.6. The van der Waals surface area contributed by atoms with Gasteiger partial charge in [0.15, 0.2) is 0 Å². The van der Waals surface area contributed by atoms with Crippen LogP contribution in [0.1, 0.15) is 15.9 Å². The SMILES string of the molecule is O=C(NCc1ccc2[nH]c(=O)[nH]c2c1)c1ccccc1-c1nn[nH]n1. The largest absolute Gasteiger partial charge is 0.348 e. The van der Waals surface area contributed by atoms with Gasteiger partial charge >= 0.3 is 5.69 Å². The molecule has 124 valence electrons. The van der Waals surface area contributed by atoms with Crippen molar-refractivity contribution in [3.63, 3.8) is 0 Å². The standard InChI is InChI=1S/C16H13N7O2/c24-15(11-4-2-1-3-10(11)14-20-22-23-21-14)17-8-9-5-6-12-13(7-9)19-16(25)18-12/h1-7H,8H2,(H,17,24)(H2,18,19,25)(H,20,21,22,23). The number of aromatic nitrogens is 6. The average molecular weight is 335 g/mol. The molecule has 2 heterocycles. The lowest BCUT2D eigenvalue weighted by Gasteiger charge is -2.08. The first-order chi connectivity index (χ1) is 12.2. The number of carbonyl (C=O) groups excluding carboxylic acids is 1. The Kier molecular flexibility index (Phi) is 3.58. The van der Waals surface area contributed by atoms with Gasteiger partial charge in [-0.15, -0.1) is 10.2 Å². The van der Waals surface area contributed by atoms with Gasteiger partial charge in [-0.25, -0.2) is 4.79 Å². The summed E-state index contributed by atoms with van der Waals surface area (Å²) in [7, 11) is 0. The second-order valence-corrected chi connectivity index (χ2v) is 5.42. The van der Waals surface area contributed by atoms with Crippen LogP contribution in [0.5, 0.6) is 0 Å². The molecule has 0 saturated heterocycles. The Hall–Kier alpha value is -3.75. The van der Waals surface area contributed by atoms with Crippen molar-refractivity contribution in [2.75, 3.05) is 0 Å². The van der Waals surface area contributed by atoms with Gasteiger partial charge in [0.25, 0.3) is 5.91 Å². The van der Waals surface area contributed by atoms with Crippen molar-refractivity contribution in [2.24, 2.45) is 0 Å². The third-order valence-electron chi connectivity index (χ3n) is 3.79. The van der Waals surface area contributed by atoms with Gasteiger partial charge in [-0.1, -0.05) is 24.3 Å². The maximum atomic E-state index is 12.5. The first-order valence-electron chi connectivity index (χ1n) is 7.53. The Bertz CT molecular complexity index is 1100. The molecule has 0 fully saturated rings. The zero-order valence-electron chi connectivity index (χ0n) is 12.9. The highest BCUT2D eigenvalue weighted by Crippen LogP contribution is 2.19. The van der Waals surface area contributed by atoms with Crippen LogP contribution in [-0.2, 0) is 6.54 Å².